The first kappa shape index (κ1) is 13.5. The topological polar surface area (TPSA) is 41.5 Å². The van der Waals surface area contributed by atoms with Crippen LogP contribution in [0, 0.1) is 6.92 Å². The summed E-state index contributed by atoms with van der Waals surface area (Å²) in [6.45, 7) is 4.02. The Morgan fingerprint density at radius 3 is 2.58 bits per heavy atom. The Bertz CT molecular complexity index is 571. The molecular formula is C15H16N2OS. The van der Waals surface area contributed by atoms with E-state index in [4.69, 9.17) is 0 Å². The van der Waals surface area contributed by atoms with Crippen LogP contribution in [0.5, 0.6) is 0 Å². The zero-order valence-corrected chi connectivity index (χ0v) is 11.8. The predicted octanol–water partition coefficient (Wildman–Crippen LogP) is 3.60. The smallest absolute Gasteiger partial charge is 0.267 e. The highest BCUT2D eigenvalue weighted by molar-refractivity contribution is 7.12. The van der Waals surface area contributed by atoms with Crippen molar-refractivity contribution in [3.8, 4) is 0 Å². The Kier molecular flexibility index (Phi) is 4.47. The summed E-state index contributed by atoms with van der Waals surface area (Å²) < 4.78 is 0. The molecule has 0 atom stereocenters. The Morgan fingerprint density at radius 2 is 2.00 bits per heavy atom. The van der Waals surface area contributed by atoms with Crippen LogP contribution in [0.4, 0.5) is 0 Å². The summed E-state index contributed by atoms with van der Waals surface area (Å²) >= 11 is 1.62. The summed E-state index contributed by atoms with van der Waals surface area (Å²) in [6.07, 6.45) is 0.786. The van der Waals surface area contributed by atoms with Crippen molar-refractivity contribution in [1.29, 1.82) is 0 Å². The first-order chi connectivity index (χ1) is 9.20. The fraction of sp³-hybridized carbons (Fsp3) is 0.200. The molecule has 0 saturated heterocycles. The fourth-order valence-electron chi connectivity index (χ4n) is 1.64. The second-order valence-electron chi connectivity index (χ2n) is 4.20. The molecule has 3 nitrogen and oxygen atoms in total. The number of hydrazone groups is 1. The van der Waals surface area contributed by atoms with E-state index < -0.39 is 0 Å². The molecule has 1 aromatic heterocycles. The van der Waals surface area contributed by atoms with E-state index in [-0.39, 0.29) is 5.91 Å². The lowest BCUT2D eigenvalue weighted by atomic mass is 10.1. The maximum absolute atomic E-state index is 11.9. The summed E-state index contributed by atoms with van der Waals surface area (Å²) in [7, 11) is 0. The third kappa shape index (κ3) is 3.51. The molecule has 2 rings (SSSR count). The average Bonchev–Trinajstić information content (AvgIpc) is 2.94. The van der Waals surface area contributed by atoms with Gasteiger partial charge in [0, 0.05) is 5.56 Å². The highest BCUT2D eigenvalue weighted by Gasteiger charge is 2.06. The molecule has 0 aliphatic rings. The van der Waals surface area contributed by atoms with Crippen molar-refractivity contribution < 1.29 is 4.79 Å². The second-order valence-corrected chi connectivity index (χ2v) is 5.14. The van der Waals surface area contributed by atoms with Crippen LogP contribution in [-0.4, -0.2) is 11.6 Å². The third-order valence-corrected chi connectivity index (χ3v) is 3.67. The molecule has 0 aliphatic carbocycles. The Morgan fingerprint density at radius 1 is 1.26 bits per heavy atom. The number of amides is 1. The maximum atomic E-state index is 11.9. The van der Waals surface area contributed by atoms with Gasteiger partial charge >= 0.3 is 0 Å². The van der Waals surface area contributed by atoms with Crippen molar-refractivity contribution in [2.24, 2.45) is 5.10 Å². The molecule has 0 unspecified atom stereocenters. The van der Waals surface area contributed by atoms with Gasteiger partial charge in [-0.25, -0.2) is 5.43 Å². The standard InChI is InChI=1S/C15H16N2OS/c1-3-13(14-5-4-10-19-14)16-17-15(18)12-8-6-11(2)7-9-12/h4-10H,3H2,1-2H3,(H,17,18). The van der Waals surface area contributed by atoms with Crippen LogP contribution in [-0.2, 0) is 0 Å². The van der Waals surface area contributed by atoms with Gasteiger partial charge in [0.2, 0.25) is 0 Å². The first-order valence-electron chi connectivity index (χ1n) is 6.18. The molecule has 1 amide bonds. The van der Waals surface area contributed by atoms with Crippen molar-refractivity contribution in [2.45, 2.75) is 20.3 Å². The van der Waals surface area contributed by atoms with Crippen LogP contribution in [0.2, 0.25) is 0 Å². The predicted molar refractivity (Wildman–Crippen MR) is 79.8 cm³/mol. The van der Waals surface area contributed by atoms with E-state index in [1.54, 1.807) is 23.5 Å². The molecule has 1 heterocycles. The van der Waals surface area contributed by atoms with Crippen molar-refractivity contribution in [1.82, 2.24) is 5.43 Å². The summed E-state index contributed by atoms with van der Waals surface area (Å²) in [4.78, 5) is 13.0. The van der Waals surface area contributed by atoms with Gasteiger partial charge < -0.3 is 0 Å². The van der Waals surface area contributed by atoms with E-state index in [1.807, 2.05) is 43.5 Å². The van der Waals surface area contributed by atoms with E-state index in [9.17, 15) is 4.79 Å². The monoisotopic (exact) mass is 272 g/mol. The minimum Gasteiger partial charge on any atom is -0.267 e. The van der Waals surface area contributed by atoms with Gasteiger partial charge in [-0.2, -0.15) is 5.10 Å². The molecular weight excluding hydrogens is 256 g/mol. The molecule has 19 heavy (non-hydrogen) atoms. The Balaban J connectivity index is 2.08. The molecule has 0 fully saturated rings. The van der Waals surface area contributed by atoms with Crippen molar-refractivity contribution in [3.05, 3.63) is 57.8 Å². The molecule has 98 valence electrons. The summed E-state index contributed by atoms with van der Waals surface area (Å²) in [5.41, 5.74) is 5.27. The van der Waals surface area contributed by atoms with Crippen molar-refractivity contribution in [3.63, 3.8) is 0 Å². The van der Waals surface area contributed by atoms with Gasteiger partial charge in [0.15, 0.2) is 0 Å². The molecule has 0 bridgehead atoms. The van der Waals surface area contributed by atoms with E-state index >= 15 is 0 Å². The van der Waals surface area contributed by atoms with E-state index in [0.717, 1.165) is 22.6 Å². The summed E-state index contributed by atoms with van der Waals surface area (Å²) in [5.74, 6) is -0.178. The van der Waals surface area contributed by atoms with E-state index in [2.05, 4.69) is 10.5 Å². The number of aryl methyl sites for hydroxylation is 1. The molecule has 1 aromatic carbocycles. The van der Waals surface area contributed by atoms with Crippen molar-refractivity contribution in [2.75, 3.05) is 0 Å². The second kappa shape index (κ2) is 6.29. The number of thiophene rings is 1. The largest absolute Gasteiger partial charge is 0.271 e. The van der Waals surface area contributed by atoms with Gasteiger partial charge in [0.05, 0.1) is 10.6 Å². The molecule has 0 spiro atoms. The third-order valence-electron chi connectivity index (χ3n) is 2.75. The van der Waals surface area contributed by atoms with Crippen molar-refractivity contribution >= 4 is 23.0 Å². The maximum Gasteiger partial charge on any atom is 0.271 e. The van der Waals surface area contributed by atoms with Gasteiger partial charge in [0.1, 0.15) is 0 Å². The number of nitrogens with zero attached hydrogens (tertiary/aromatic N) is 1. The lowest BCUT2D eigenvalue weighted by Gasteiger charge is -2.03. The van der Waals surface area contributed by atoms with Crippen LogP contribution in [0.1, 0.15) is 34.1 Å². The number of hydrogen-bond acceptors (Lipinski definition) is 3. The zero-order chi connectivity index (χ0) is 13.7. The normalized spacial score (nSPS) is 11.4. The van der Waals surface area contributed by atoms with Gasteiger partial charge in [-0.1, -0.05) is 30.7 Å². The fourth-order valence-corrected chi connectivity index (χ4v) is 2.43. The molecule has 4 heteroatoms. The molecule has 0 aliphatic heterocycles. The number of nitrogens with one attached hydrogen (secondary N) is 1. The van der Waals surface area contributed by atoms with Crippen LogP contribution in [0.25, 0.3) is 0 Å². The van der Waals surface area contributed by atoms with Crippen LogP contribution in [0.3, 0.4) is 0 Å². The lowest BCUT2D eigenvalue weighted by molar-refractivity contribution is 0.0955. The number of carbonyl (C=O) groups excluding carboxylic acids is 1. The van der Waals surface area contributed by atoms with Gasteiger partial charge in [-0.3, -0.25) is 4.79 Å². The SMILES string of the molecule is CCC(=NNC(=O)c1ccc(C)cc1)c1cccs1. The van der Waals surface area contributed by atoms with Gasteiger partial charge in [-0.05, 0) is 36.9 Å². The lowest BCUT2D eigenvalue weighted by Crippen LogP contribution is -2.19. The first-order valence-corrected chi connectivity index (χ1v) is 7.06. The number of carbonyl (C=O) groups is 1. The molecule has 2 aromatic rings. The number of rotatable bonds is 4. The average molecular weight is 272 g/mol. The Hall–Kier alpha value is -1.94. The van der Waals surface area contributed by atoms with Crippen LogP contribution < -0.4 is 5.43 Å². The number of benzene rings is 1. The Labute approximate surface area is 117 Å². The zero-order valence-electron chi connectivity index (χ0n) is 11.0. The highest BCUT2D eigenvalue weighted by Crippen LogP contribution is 2.12. The molecule has 1 N–H and O–H groups in total. The quantitative estimate of drug-likeness (QED) is 0.670. The van der Waals surface area contributed by atoms with E-state index in [1.165, 1.54) is 0 Å². The van der Waals surface area contributed by atoms with Crippen LogP contribution in [0.15, 0.2) is 46.9 Å². The van der Waals surface area contributed by atoms with Crippen LogP contribution >= 0.6 is 11.3 Å². The minimum absolute atomic E-state index is 0.178. The minimum atomic E-state index is -0.178. The molecule has 0 saturated carbocycles. The summed E-state index contributed by atoms with van der Waals surface area (Å²) in [5, 5.41) is 6.21. The van der Waals surface area contributed by atoms with Gasteiger partial charge in [-0.15, -0.1) is 11.3 Å². The summed E-state index contributed by atoms with van der Waals surface area (Å²) in [6, 6.07) is 11.4. The van der Waals surface area contributed by atoms with E-state index in [0.29, 0.717) is 5.56 Å². The molecule has 0 radical (unpaired) electrons. The van der Waals surface area contributed by atoms with Gasteiger partial charge in [0.25, 0.3) is 5.91 Å². The highest BCUT2D eigenvalue weighted by atomic mass is 32.1. The number of hydrogen-bond donors (Lipinski definition) is 1.